The molecule has 1 aliphatic rings. The molecule has 122 valence electrons. The molecule has 0 bridgehead atoms. The Morgan fingerprint density at radius 1 is 0.696 bits per heavy atom. The first kappa shape index (κ1) is 16.1. The van der Waals surface area contributed by atoms with Crippen molar-refractivity contribution in [3.8, 4) is 0 Å². The van der Waals surface area contributed by atoms with Gasteiger partial charge in [0.05, 0.1) is 0 Å². The summed E-state index contributed by atoms with van der Waals surface area (Å²) in [6.45, 7) is 5.49. The smallest absolute Gasteiger partial charge is 0.123 e. The topological polar surface area (TPSA) is 6.48 Å². The van der Waals surface area contributed by atoms with E-state index in [2.05, 4.69) is 9.80 Å². The van der Waals surface area contributed by atoms with Gasteiger partial charge in [-0.25, -0.2) is 8.78 Å². The minimum Gasteiger partial charge on any atom is -0.298 e. The van der Waals surface area contributed by atoms with Crippen LogP contribution in [0.5, 0.6) is 0 Å². The first-order valence-electron chi connectivity index (χ1n) is 8.13. The zero-order valence-corrected chi connectivity index (χ0v) is 13.2. The van der Waals surface area contributed by atoms with E-state index in [1.165, 1.54) is 12.1 Å². The number of hydrogen-bond donors (Lipinski definition) is 0. The Kier molecular flexibility index (Phi) is 5.36. The molecule has 0 atom stereocenters. The van der Waals surface area contributed by atoms with Crippen LogP contribution in [0.4, 0.5) is 8.78 Å². The van der Waals surface area contributed by atoms with Crippen molar-refractivity contribution in [2.75, 3.05) is 26.2 Å². The van der Waals surface area contributed by atoms with E-state index in [-0.39, 0.29) is 11.6 Å². The highest BCUT2D eigenvalue weighted by Crippen LogP contribution is 2.13. The first-order chi connectivity index (χ1) is 11.2. The number of nitrogens with zero attached hydrogens (tertiary/aromatic N) is 2. The maximum Gasteiger partial charge on any atom is 0.123 e. The predicted octanol–water partition coefficient (Wildman–Crippen LogP) is 3.67. The summed E-state index contributed by atoms with van der Waals surface area (Å²) in [6, 6.07) is 13.6. The lowest BCUT2D eigenvalue weighted by Crippen LogP contribution is -2.30. The molecular weight excluding hydrogens is 294 g/mol. The van der Waals surface area contributed by atoms with E-state index in [1.54, 1.807) is 24.3 Å². The molecule has 0 saturated carbocycles. The molecule has 2 aromatic carbocycles. The van der Waals surface area contributed by atoms with Crippen LogP contribution in [0, 0.1) is 11.6 Å². The molecule has 23 heavy (non-hydrogen) atoms. The molecule has 0 spiro atoms. The largest absolute Gasteiger partial charge is 0.298 e. The number of rotatable bonds is 4. The molecule has 0 unspecified atom stereocenters. The molecule has 1 aliphatic heterocycles. The Hall–Kier alpha value is -1.78. The van der Waals surface area contributed by atoms with Gasteiger partial charge in [0.25, 0.3) is 0 Å². The standard InChI is InChI=1S/C19H22F2N2/c20-18-6-1-4-16(12-18)14-22-8-3-9-23(11-10-22)15-17-5-2-7-19(21)13-17/h1-2,4-7,12-13H,3,8-11,14-15H2. The summed E-state index contributed by atoms with van der Waals surface area (Å²) in [7, 11) is 0. The summed E-state index contributed by atoms with van der Waals surface area (Å²) in [5, 5.41) is 0. The minimum absolute atomic E-state index is 0.176. The summed E-state index contributed by atoms with van der Waals surface area (Å²) in [6.07, 6.45) is 1.07. The van der Waals surface area contributed by atoms with Crippen LogP contribution in [0.15, 0.2) is 48.5 Å². The molecule has 4 heteroatoms. The maximum atomic E-state index is 13.3. The maximum absolute atomic E-state index is 13.3. The van der Waals surface area contributed by atoms with Crippen LogP contribution >= 0.6 is 0 Å². The van der Waals surface area contributed by atoms with Crippen molar-refractivity contribution in [1.82, 2.24) is 9.80 Å². The van der Waals surface area contributed by atoms with Gasteiger partial charge in [0.2, 0.25) is 0 Å². The van der Waals surface area contributed by atoms with Crippen LogP contribution in [0.3, 0.4) is 0 Å². The van der Waals surface area contributed by atoms with Crippen LogP contribution in [-0.4, -0.2) is 36.0 Å². The van der Waals surface area contributed by atoms with Crippen molar-refractivity contribution in [2.45, 2.75) is 19.5 Å². The van der Waals surface area contributed by atoms with E-state index >= 15 is 0 Å². The van der Waals surface area contributed by atoms with Gasteiger partial charge < -0.3 is 0 Å². The molecule has 0 radical (unpaired) electrons. The van der Waals surface area contributed by atoms with E-state index in [0.717, 1.165) is 56.8 Å². The lowest BCUT2D eigenvalue weighted by Gasteiger charge is -2.22. The summed E-state index contributed by atoms with van der Waals surface area (Å²) in [5.41, 5.74) is 2.03. The van der Waals surface area contributed by atoms with Crippen molar-refractivity contribution in [2.24, 2.45) is 0 Å². The zero-order chi connectivity index (χ0) is 16.1. The Bertz CT molecular complexity index is 589. The number of benzene rings is 2. The van der Waals surface area contributed by atoms with Crippen molar-refractivity contribution in [1.29, 1.82) is 0 Å². The van der Waals surface area contributed by atoms with Crippen molar-refractivity contribution >= 4 is 0 Å². The molecule has 0 aromatic heterocycles. The predicted molar refractivity (Wildman–Crippen MR) is 88.0 cm³/mol. The first-order valence-corrected chi connectivity index (χ1v) is 8.13. The van der Waals surface area contributed by atoms with Crippen molar-refractivity contribution < 1.29 is 8.78 Å². The molecule has 1 saturated heterocycles. The van der Waals surface area contributed by atoms with Gasteiger partial charge in [-0.1, -0.05) is 24.3 Å². The van der Waals surface area contributed by atoms with Crippen molar-refractivity contribution in [3.63, 3.8) is 0 Å². The van der Waals surface area contributed by atoms with Crippen LogP contribution < -0.4 is 0 Å². The molecule has 0 N–H and O–H groups in total. The second-order valence-corrected chi connectivity index (χ2v) is 6.17. The zero-order valence-electron chi connectivity index (χ0n) is 13.2. The van der Waals surface area contributed by atoms with E-state index in [4.69, 9.17) is 0 Å². The van der Waals surface area contributed by atoms with Gasteiger partial charge in [0.1, 0.15) is 11.6 Å². The lowest BCUT2D eigenvalue weighted by molar-refractivity contribution is 0.247. The Balaban J connectivity index is 1.54. The molecule has 2 nitrogen and oxygen atoms in total. The number of hydrogen-bond acceptors (Lipinski definition) is 2. The van der Waals surface area contributed by atoms with Crippen LogP contribution in [-0.2, 0) is 13.1 Å². The molecule has 0 aliphatic carbocycles. The molecule has 1 fully saturated rings. The third-order valence-electron chi connectivity index (χ3n) is 4.27. The van der Waals surface area contributed by atoms with Crippen LogP contribution in [0.1, 0.15) is 17.5 Å². The second kappa shape index (κ2) is 7.66. The summed E-state index contributed by atoms with van der Waals surface area (Å²) < 4.78 is 26.6. The molecule has 1 heterocycles. The second-order valence-electron chi connectivity index (χ2n) is 6.17. The van der Waals surface area contributed by atoms with Crippen LogP contribution in [0.2, 0.25) is 0 Å². The van der Waals surface area contributed by atoms with Gasteiger partial charge in [0, 0.05) is 26.2 Å². The van der Waals surface area contributed by atoms with Gasteiger partial charge in [-0.2, -0.15) is 0 Å². The van der Waals surface area contributed by atoms with Gasteiger partial charge >= 0.3 is 0 Å². The highest BCUT2D eigenvalue weighted by atomic mass is 19.1. The minimum atomic E-state index is -0.176. The summed E-state index contributed by atoms with van der Waals surface area (Å²) in [5.74, 6) is -0.352. The average Bonchev–Trinajstić information content (AvgIpc) is 2.73. The van der Waals surface area contributed by atoms with Gasteiger partial charge in [-0.15, -0.1) is 0 Å². The van der Waals surface area contributed by atoms with E-state index in [0.29, 0.717) is 0 Å². The van der Waals surface area contributed by atoms with Crippen LogP contribution in [0.25, 0.3) is 0 Å². The molecular formula is C19H22F2N2. The van der Waals surface area contributed by atoms with Crippen molar-refractivity contribution in [3.05, 3.63) is 71.3 Å². The molecule has 3 rings (SSSR count). The fraction of sp³-hybridized carbons (Fsp3) is 0.368. The fourth-order valence-electron chi connectivity index (χ4n) is 3.13. The Morgan fingerprint density at radius 3 is 1.61 bits per heavy atom. The third kappa shape index (κ3) is 4.85. The fourth-order valence-corrected chi connectivity index (χ4v) is 3.13. The molecule has 0 amide bonds. The summed E-state index contributed by atoms with van der Waals surface area (Å²) in [4.78, 5) is 4.72. The Labute approximate surface area is 136 Å². The van der Waals surface area contributed by atoms with Gasteiger partial charge in [-0.3, -0.25) is 9.80 Å². The monoisotopic (exact) mass is 316 g/mol. The van der Waals surface area contributed by atoms with Gasteiger partial charge in [-0.05, 0) is 54.9 Å². The quantitative estimate of drug-likeness (QED) is 0.849. The van der Waals surface area contributed by atoms with E-state index in [9.17, 15) is 8.78 Å². The number of halogens is 2. The summed E-state index contributed by atoms with van der Waals surface area (Å²) >= 11 is 0. The Morgan fingerprint density at radius 2 is 1.17 bits per heavy atom. The van der Waals surface area contributed by atoms with E-state index < -0.39 is 0 Å². The molecule has 2 aromatic rings. The lowest BCUT2D eigenvalue weighted by atomic mass is 10.2. The highest BCUT2D eigenvalue weighted by Gasteiger charge is 2.15. The SMILES string of the molecule is Fc1cccc(CN2CCCN(Cc3cccc(F)c3)CC2)c1. The third-order valence-corrected chi connectivity index (χ3v) is 4.27. The van der Waals surface area contributed by atoms with E-state index in [1.807, 2.05) is 12.1 Å². The highest BCUT2D eigenvalue weighted by molar-refractivity contribution is 5.17. The average molecular weight is 316 g/mol. The normalized spacial score (nSPS) is 17.1. The van der Waals surface area contributed by atoms with Gasteiger partial charge in [0.15, 0.2) is 0 Å².